The molecule has 2 nitrogen and oxygen atoms in total. The van der Waals surface area contributed by atoms with Crippen molar-refractivity contribution in [2.45, 2.75) is 38.9 Å². The SMILES string of the molecule is Cc1cc(-c2ccccc2)ccc1-c1ccc(CO)c(CCCC2CO2)c1. The first kappa shape index (κ1) is 18.0. The quantitative estimate of drug-likeness (QED) is 0.562. The molecule has 0 amide bonds. The highest BCUT2D eigenvalue weighted by Crippen LogP contribution is 2.30. The van der Waals surface area contributed by atoms with Gasteiger partial charge >= 0.3 is 0 Å². The van der Waals surface area contributed by atoms with Crippen LogP contribution in [0.5, 0.6) is 0 Å². The molecule has 0 spiro atoms. The lowest BCUT2D eigenvalue weighted by molar-refractivity contribution is 0.280. The second-order valence-electron chi connectivity index (χ2n) is 7.38. The average molecular weight is 358 g/mol. The molecule has 2 heteroatoms. The maximum absolute atomic E-state index is 9.69. The molecule has 138 valence electrons. The molecule has 1 aliphatic heterocycles. The van der Waals surface area contributed by atoms with Gasteiger partial charge in [-0.25, -0.2) is 0 Å². The van der Waals surface area contributed by atoms with Crippen molar-refractivity contribution in [2.75, 3.05) is 6.61 Å². The Morgan fingerprint density at radius 2 is 1.67 bits per heavy atom. The van der Waals surface area contributed by atoms with E-state index in [0.29, 0.717) is 6.10 Å². The monoisotopic (exact) mass is 358 g/mol. The summed E-state index contributed by atoms with van der Waals surface area (Å²) in [4.78, 5) is 0. The van der Waals surface area contributed by atoms with Crippen LogP contribution in [0, 0.1) is 6.92 Å². The number of aliphatic hydroxyl groups excluding tert-OH is 1. The highest BCUT2D eigenvalue weighted by atomic mass is 16.6. The third-order valence-electron chi connectivity index (χ3n) is 5.40. The van der Waals surface area contributed by atoms with Crippen molar-refractivity contribution < 1.29 is 9.84 Å². The summed E-state index contributed by atoms with van der Waals surface area (Å²) < 4.78 is 5.31. The van der Waals surface area contributed by atoms with Gasteiger partial charge in [-0.15, -0.1) is 0 Å². The van der Waals surface area contributed by atoms with E-state index in [0.717, 1.165) is 31.4 Å². The second-order valence-corrected chi connectivity index (χ2v) is 7.38. The molecule has 0 aliphatic carbocycles. The van der Waals surface area contributed by atoms with Gasteiger partial charge in [-0.05, 0) is 65.1 Å². The van der Waals surface area contributed by atoms with Crippen LogP contribution in [0.25, 0.3) is 22.3 Å². The highest BCUT2D eigenvalue weighted by Gasteiger charge is 2.21. The van der Waals surface area contributed by atoms with E-state index in [9.17, 15) is 5.11 Å². The molecule has 4 rings (SSSR count). The van der Waals surface area contributed by atoms with E-state index in [1.54, 1.807) is 0 Å². The minimum Gasteiger partial charge on any atom is -0.392 e. The summed E-state index contributed by atoms with van der Waals surface area (Å²) in [6.45, 7) is 3.19. The Hall–Kier alpha value is -2.42. The number of hydrogen-bond acceptors (Lipinski definition) is 2. The molecule has 1 N–H and O–H groups in total. The van der Waals surface area contributed by atoms with Crippen molar-refractivity contribution in [2.24, 2.45) is 0 Å². The summed E-state index contributed by atoms with van der Waals surface area (Å²) in [7, 11) is 0. The molecule has 3 aromatic carbocycles. The van der Waals surface area contributed by atoms with Crippen LogP contribution in [0.2, 0.25) is 0 Å². The molecule has 3 aromatic rings. The maximum atomic E-state index is 9.69. The Morgan fingerprint density at radius 1 is 0.889 bits per heavy atom. The topological polar surface area (TPSA) is 32.8 Å². The fourth-order valence-corrected chi connectivity index (χ4v) is 3.73. The van der Waals surface area contributed by atoms with Gasteiger partial charge in [0.1, 0.15) is 0 Å². The van der Waals surface area contributed by atoms with Crippen molar-refractivity contribution in [3.05, 3.63) is 83.4 Å². The molecule has 1 heterocycles. The Balaban J connectivity index is 1.60. The Morgan fingerprint density at radius 3 is 2.37 bits per heavy atom. The largest absolute Gasteiger partial charge is 0.392 e. The van der Waals surface area contributed by atoms with Crippen molar-refractivity contribution in [1.82, 2.24) is 0 Å². The van der Waals surface area contributed by atoms with Gasteiger partial charge in [-0.3, -0.25) is 0 Å². The van der Waals surface area contributed by atoms with E-state index >= 15 is 0 Å². The number of aliphatic hydroxyl groups is 1. The normalized spacial score (nSPS) is 15.7. The Kier molecular flexibility index (Phi) is 5.38. The van der Waals surface area contributed by atoms with E-state index in [4.69, 9.17) is 4.74 Å². The van der Waals surface area contributed by atoms with Gasteiger partial charge < -0.3 is 9.84 Å². The van der Waals surface area contributed by atoms with Crippen LogP contribution in [-0.4, -0.2) is 17.8 Å². The zero-order chi connectivity index (χ0) is 18.6. The van der Waals surface area contributed by atoms with Crippen LogP contribution in [0.1, 0.15) is 29.5 Å². The van der Waals surface area contributed by atoms with Crippen molar-refractivity contribution >= 4 is 0 Å². The molecule has 1 atom stereocenters. The van der Waals surface area contributed by atoms with Gasteiger partial charge in [0.15, 0.2) is 0 Å². The minimum absolute atomic E-state index is 0.0987. The second kappa shape index (κ2) is 8.08. The minimum atomic E-state index is 0.0987. The third kappa shape index (κ3) is 4.29. The molecule has 0 saturated carbocycles. The molecule has 1 saturated heterocycles. The number of aryl methyl sites for hydroxylation is 2. The lowest BCUT2D eigenvalue weighted by Crippen LogP contribution is -1.97. The van der Waals surface area contributed by atoms with Gasteiger partial charge in [0.2, 0.25) is 0 Å². The first-order valence-corrected chi connectivity index (χ1v) is 9.75. The molecular formula is C25H26O2. The fourth-order valence-electron chi connectivity index (χ4n) is 3.73. The number of epoxide rings is 1. The first-order chi connectivity index (χ1) is 13.2. The predicted molar refractivity (Wildman–Crippen MR) is 111 cm³/mol. The van der Waals surface area contributed by atoms with Gasteiger partial charge in [0.05, 0.1) is 19.3 Å². The molecular weight excluding hydrogens is 332 g/mol. The van der Waals surface area contributed by atoms with E-state index in [1.165, 1.54) is 33.4 Å². The third-order valence-corrected chi connectivity index (χ3v) is 5.40. The zero-order valence-corrected chi connectivity index (χ0v) is 15.8. The maximum Gasteiger partial charge on any atom is 0.0810 e. The van der Waals surface area contributed by atoms with E-state index < -0.39 is 0 Å². The van der Waals surface area contributed by atoms with Crippen LogP contribution in [-0.2, 0) is 17.8 Å². The highest BCUT2D eigenvalue weighted by molar-refractivity contribution is 5.74. The molecule has 0 bridgehead atoms. The first-order valence-electron chi connectivity index (χ1n) is 9.75. The van der Waals surface area contributed by atoms with Gasteiger partial charge in [-0.2, -0.15) is 0 Å². The standard InChI is InChI=1S/C25H26O2/c1-18-14-21(19-6-3-2-4-7-19)12-13-25(18)22-10-11-23(16-26)20(15-22)8-5-9-24-17-27-24/h2-4,6-7,10-15,24,26H,5,8-9,16-17H2,1H3. The van der Waals surface area contributed by atoms with E-state index in [2.05, 4.69) is 67.6 Å². The number of benzene rings is 3. The van der Waals surface area contributed by atoms with Crippen LogP contribution >= 0.6 is 0 Å². The molecule has 0 aromatic heterocycles. The number of hydrogen-bond donors (Lipinski definition) is 1. The molecule has 1 fully saturated rings. The van der Waals surface area contributed by atoms with Crippen molar-refractivity contribution in [1.29, 1.82) is 0 Å². The van der Waals surface area contributed by atoms with Crippen molar-refractivity contribution in [3.8, 4) is 22.3 Å². The van der Waals surface area contributed by atoms with Crippen LogP contribution in [0.3, 0.4) is 0 Å². The van der Waals surface area contributed by atoms with Gasteiger partial charge in [-0.1, -0.05) is 66.7 Å². The predicted octanol–water partition coefficient (Wildman–Crippen LogP) is 5.54. The van der Waals surface area contributed by atoms with Gasteiger partial charge in [0, 0.05) is 0 Å². The van der Waals surface area contributed by atoms with Crippen LogP contribution in [0.15, 0.2) is 66.7 Å². The number of rotatable bonds is 7. The average Bonchev–Trinajstić information content (AvgIpc) is 3.53. The Labute approximate surface area is 161 Å². The lowest BCUT2D eigenvalue weighted by Gasteiger charge is -2.13. The summed E-state index contributed by atoms with van der Waals surface area (Å²) >= 11 is 0. The molecule has 27 heavy (non-hydrogen) atoms. The van der Waals surface area contributed by atoms with Gasteiger partial charge in [0.25, 0.3) is 0 Å². The van der Waals surface area contributed by atoms with Crippen LogP contribution in [0.4, 0.5) is 0 Å². The summed E-state index contributed by atoms with van der Waals surface area (Å²) in [5.74, 6) is 0. The fraction of sp³-hybridized carbons (Fsp3) is 0.280. The molecule has 1 aliphatic rings. The van der Waals surface area contributed by atoms with Crippen LogP contribution < -0.4 is 0 Å². The summed E-state index contributed by atoms with van der Waals surface area (Å²) in [6, 6.07) is 23.6. The van der Waals surface area contributed by atoms with E-state index in [1.807, 2.05) is 6.07 Å². The molecule has 1 unspecified atom stereocenters. The summed E-state index contributed by atoms with van der Waals surface area (Å²) in [5, 5.41) is 9.69. The smallest absolute Gasteiger partial charge is 0.0810 e. The Bertz CT molecular complexity index is 911. The van der Waals surface area contributed by atoms with Crippen molar-refractivity contribution in [3.63, 3.8) is 0 Å². The summed E-state index contributed by atoms with van der Waals surface area (Å²) in [5.41, 5.74) is 8.52. The lowest BCUT2D eigenvalue weighted by atomic mass is 9.92. The number of ether oxygens (including phenoxy) is 1. The van der Waals surface area contributed by atoms with E-state index in [-0.39, 0.29) is 6.61 Å². The zero-order valence-electron chi connectivity index (χ0n) is 15.8. The molecule has 0 radical (unpaired) electrons. The summed E-state index contributed by atoms with van der Waals surface area (Å²) in [6.07, 6.45) is 3.68.